The lowest BCUT2D eigenvalue weighted by Gasteiger charge is -2.27. The number of hydrogen-bond donors (Lipinski definition) is 2. The van der Waals surface area contributed by atoms with Crippen LogP contribution in [-0.4, -0.2) is 47.7 Å². The molecule has 1 heterocycles. The molecular formula is C23H32F2IN5O2. The molecule has 33 heavy (non-hydrogen) atoms. The highest BCUT2D eigenvalue weighted by Crippen LogP contribution is 2.13. The van der Waals surface area contributed by atoms with Crippen molar-refractivity contribution in [2.24, 2.45) is 4.99 Å². The second kappa shape index (κ2) is 13.9. The number of pyridine rings is 1. The van der Waals surface area contributed by atoms with Crippen molar-refractivity contribution in [3.8, 4) is 0 Å². The van der Waals surface area contributed by atoms with Crippen LogP contribution in [0.4, 0.5) is 13.6 Å². The summed E-state index contributed by atoms with van der Waals surface area (Å²) in [5.41, 5.74) is 0.516. The Balaban J connectivity index is 0.00000544. The maximum Gasteiger partial charge on any atom is 0.410 e. The molecule has 0 aliphatic carbocycles. The van der Waals surface area contributed by atoms with Gasteiger partial charge in [0, 0.05) is 44.6 Å². The van der Waals surface area contributed by atoms with Crippen molar-refractivity contribution in [2.45, 2.75) is 45.9 Å². The molecule has 0 saturated carbocycles. The average molecular weight is 575 g/mol. The molecule has 0 radical (unpaired) electrons. The fourth-order valence-corrected chi connectivity index (χ4v) is 2.83. The molecule has 1 aromatic carbocycles. The van der Waals surface area contributed by atoms with Crippen molar-refractivity contribution < 1.29 is 18.3 Å². The number of guanidine groups is 1. The van der Waals surface area contributed by atoms with Crippen LogP contribution in [0.1, 0.15) is 38.3 Å². The number of hydrogen-bond acceptors (Lipinski definition) is 4. The van der Waals surface area contributed by atoms with E-state index in [0.29, 0.717) is 32.0 Å². The molecule has 0 aliphatic heterocycles. The molecule has 1 amide bonds. The van der Waals surface area contributed by atoms with Gasteiger partial charge in [-0.2, -0.15) is 0 Å². The Morgan fingerprint density at radius 2 is 1.97 bits per heavy atom. The van der Waals surface area contributed by atoms with Crippen LogP contribution in [0.15, 0.2) is 47.7 Å². The summed E-state index contributed by atoms with van der Waals surface area (Å²) in [4.78, 5) is 22.4. The van der Waals surface area contributed by atoms with Gasteiger partial charge in [0.2, 0.25) is 0 Å². The summed E-state index contributed by atoms with van der Waals surface area (Å²) in [5.74, 6) is -0.538. The highest BCUT2D eigenvalue weighted by atomic mass is 127. The summed E-state index contributed by atoms with van der Waals surface area (Å²) in [6, 6.07) is 7.04. The molecule has 0 saturated heterocycles. The normalized spacial score (nSPS) is 11.4. The largest absolute Gasteiger partial charge is 0.444 e. The minimum absolute atomic E-state index is 0. The Kier molecular flexibility index (Phi) is 12.0. The maximum absolute atomic E-state index is 13.8. The lowest BCUT2D eigenvalue weighted by Crippen LogP contribution is -2.40. The first kappa shape index (κ1) is 28.5. The smallest absolute Gasteiger partial charge is 0.410 e. The van der Waals surface area contributed by atoms with E-state index in [9.17, 15) is 13.6 Å². The summed E-state index contributed by atoms with van der Waals surface area (Å²) in [7, 11) is 1.59. The Hall–Kier alpha value is -2.50. The molecular weight excluding hydrogens is 543 g/mol. The Morgan fingerprint density at radius 1 is 1.21 bits per heavy atom. The highest BCUT2D eigenvalue weighted by molar-refractivity contribution is 14.0. The molecule has 0 atom stereocenters. The Bertz CT molecular complexity index is 907. The highest BCUT2D eigenvalue weighted by Gasteiger charge is 2.22. The lowest BCUT2D eigenvalue weighted by molar-refractivity contribution is 0.0232. The standard InChI is InChI=1S/C23H31F2N5O2.HI/c1-23(2,3)32-22(31)30(16-17-7-5-10-27-14-17)12-6-11-28-21(26-4)29-15-18-13-19(24)8-9-20(18)25;/h5,7-10,13-14H,6,11-12,15-16H2,1-4H3,(H2,26,28,29);1H. The van der Waals surface area contributed by atoms with Crippen LogP contribution in [0.5, 0.6) is 0 Å². The van der Waals surface area contributed by atoms with Gasteiger partial charge < -0.3 is 20.3 Å². The van der Waals surface area contributed by atoms with Gasteiger partial charge in [0.05, 0.1) is 6.54 Å². The number of benzene rings is 1. The molecule has 0 unspecified atom stereocenters. The first-order valence-electron chi connectivity index (χ1n) is 10.4. The van der Waals surface area contributed by atoms with Gasteiger partial charge >= 0.3 is 6.09 Å². The van der Waals surface area contributed by atoms with Gasteiger partial charge in [-0.1, -0.05) is 6.07 Å². The van der Waals surface area contributed by atoms with Crippen LogP contribution < -0.4 is 10.6 Å². The molecule has 2 aromatic rings. The molecule has 0 spiro atoms. The van der Waals surface area contributed by atoms with E-state index in [-0.39, 0.29) is 36.1 Å². The Labute approximate surface area is 211 Å². The second-order valence-corrected chi connectivity index (χ2v) is 8.20. The van der Waals surface area contributed by atoms with Crippen molar-refractivity contribution in [3.63, 3.8) is 0 Å². The van der Waals surface area contributed by atoms with Gasteiger partial charge in [-0.25, -0.2) is 13.6 Å². The summed E-state index contributed by atoms with van der Waals surface area (Å²) < 4.78 is 32.6. The topological polar surface area (TPSA) is 78.9 Å². The zero-order chi connectivity index (χ0) is 23.6. The number of ether oxygens (including phenoxy) is 1. The number of carbonyl (C=O) groups is 1. The van der Waals surface area contributed by atoms with E-state index in [4.69, 9.17) is 4.74 Å². The average Bonchev–Trinajstić information content (AvgIpc) is 2.74. The quantitative estimate of drug-likeness (QED) is 0.210. The van der Waals surface area contributed by atoms with E-state index >= 15 is 0 Å². The Morgan fingerprint density at radius 3 is 2.61 bits per heavy atom. The van der Waals surface area contributed by atoms with Gasteiger partial charge in [0.15, 0.2) is 5.96 Å². The van der Waals surface area contributed by atoms with Gasteiger partial charge in [0.25, 0.3) is 0 Å². The van der Waals surface area contributed by atoms with Crippen LogP contribution >= 0.6 is 24.0 Å². The monoisotopic (exact) mass is 575 g/mol. The minimum Gasteiger partial charge on any atom is -0.444 e. The third-order valence-corrected chi connectivity index (χ3v) is 4.32. The van der Waals surface area contributed by atoms with E-state index in [0.717, 1.165) is 23.8 Å². The van der Waals surface area contributed by atoms with Gasteiger partial charge in [-0.05, 0) is 57.0 Å². The lowest BCUT2D eigenvalue weighted by atomic mass is 10.2. The summed E-state index contributed by atoms with van der Waals surface area (Å²) in [5, 5.41) is 6.07. The van der Waals surface area contributed by atoms with E-state index < -0.39 is 23.3 Å². The molecule has 1 aromatic heterocycles. The van der Waals surface area contributed by atoms with Gasteiger partial charge in [-0.15, -0.1) is 24.0 Å². The summed E-state index contributed by atoms with van der Waals surface area (Å²) >= 11 is 0. The number of aromatic nitrogens is 1. The van der Waals surface area contributed by atoms with Crippen molar-refractivity contribution in [2.75, 3.05) is 20.1 Å². The van der Waals surface area contributed by atoms with E-state index in [1.807, 2.05) is 32.9 Å². The number of halogens is 3. The molecule has 2 rings (SSSR count). The van der Waals surface area contributed by atoms with Crippen LogP contribution in [0.2, 0.25) is 0 Å². The molecule has 0 fully saturated rings. The number of amides is 1. The number of carbonyl (C=O) groups excluding carboxylic acids is 1. The van der Waals surface area contributed by atoms with Gasteiger partial charge in [-0.3, -0.25) is 9.98 Å². The van der Waals surface area contributed by atoms with Gasteiger partial charge in [0.1, 0.15) is 17.2 Å². The fraction of sp³-hybridized carbons (Fsp3) is 0.435. The SMILES string of the molecule is CN=C(NCCCN(Cc1cccnc1)C(=O)OC(C)(C)C)NCc1cc(F)ccc1F.I. The number of rotatable bonds is 8. The fourth-order valence-electron chi connectivity index (χ4n) is 2.83. The van der Waals surface area contributed by atoms with Crippen molar-refractivity contribution in [1.29, 1.82) is 0 Å². The first-order chi connectivity index (χ1) is 15.2. The van der Waals surface area contributed by atoms with Crippen LogP contribution in [0.3, 0.4) is 0 Å². The van der Waals surface area contributed by atoms with E-state index in [1.54, 1.807) is 24.3 Å². The van der Waals surface area contributed by atoms with Crippen molar-refractivity contribution in [3.05, 3.63) is 65.5 Å². The number of nitrogens with zero attached hydrogens (tertiary/aromatic N) is 3. The minimum atomic E-state index is -0.597. The molecule has 0 bridgehead atoms. The summed E-state index contributed by atoms with van der Waals surface area (Å²) in [6.45, 7) is 6.91. The van der Waals surface area contributed by atoms with Crippen molar-refractivity contribution >= 4 is 36.0 Å². The maximum atomic E-state index is 13.8. The molecule has 7 nitrogen and oxygen atoms in total. The zero-order valence-electron chi connectivity index (χ0n) is 19.4. The van der Waals surface area contributed by atoms with Crippen LogP contribution in [0.25, 0.3) is 0 Å². The summed E-state index contributed by atoms with van der Waals surface area (Å²) in [6.07, 6.45) is 3.62. The van der Waals surface area contributed by atoms with Crippen LogP contribution in [-0.2, 0) is 17.8 Å². The van der Waals surface area contributed by atoms with Crippen molar-refractivity contribution in [1.82, 2.24) is 20.5 Å². The zero-order valence-corrected chi connectivity index (χ0v) is 21.7. The van der Waals surface area contributed by atoms with E-state index in [2.05, 4.69) is 20.6 Å². The first-order valence-corrected chi connectivity index (χ1v) is 10.4. The molecule has 2 N–H and O–H groups in total. The number of aliphatic imine (C=N–C) groups is 1. The van der Waals surface area contributed by atoms with Crippen LogP contribution in [0, 0.1) is 11.6 Å². The van der Waals surface area contributed by atoms with E-state index in [1.165, 1.54) is 0 Å². The number of nitrogens with one attached hydrogen (secondary N) is 2. The molecule has 10 heteroatoms. The predicted molar refractivity (Wildman–Crippen MR) is 135 cm³/mol. The molecule has 0 aliphatic rings. The third-order valence-electron chi connectivity index (χ3n) is 4.32. The predicted octanol–water partition coefficient (Wildman–Crippen LogP) is 4.47. The second-order valence-electron chi connectivity index (χ2n) is 8.20. The third kappa shape index (κ3) is 10.8. The molecule has 182 valence electrons.